The van der Waals surface area contributed by atoms with E-state index in [-0.39, 0.29) is 0 Å². The minimum atomic E-state index is 0.378. The summed E-state index contributed by atoms with van der Waals surface area (Å²) in [5.41, 5.74) is 5.91. The van der Waals surface area contributed by atoms with Crippen molar-refractivity contribution in [3.63, 3.8) is 0 Å². The van der Waals surface area contributed by atoms with E-state index in [4.69, 9.17) is 10.3 Å². The second kappa shape index (κ2) is 4.77. The van der Waals surface area contributed by atoms with Crippen molar-refractivity contribution in [3.05, 3.63) is 11.7 Å². The monoisotopic (exact) mass is 235 g/mol. The predicted molar refractivity (Wildman–Crippen MR) is 64.7 cm³/mol. The summed E-state index contributed by atoms with van der Waals surface area (Å²) >= 11 is 0. The highest BCUT2D eigenvalue weighted by Crippen LogP contribution is 2.35. The first-order valence-electron chi connectivity index (χ1n) is 6.92. The van der Waals surface area contributed by atoms with Crippen molar-refractivity contribution in [2.24, 2.45) is 5.73 Å². The van der Waals surface area contributed by atoms with E-state index in [9.17, 15) is 0 Å². The molecule has 1 aromatic rings. The highest BCUT2D eigenvalue weighted by atomic mass is 16.5. The molecule has 0 unspecified atom stereocenters. The molecule has 0 bridgehead atoms. The predicted octanol–water partition coefficient (Wildman–Crippen LogP) is 2.71. The second-order valence-corrected chi connectivity index (χ2v) is 5.58. The first-order valence-corrected chi connectivity index (χ1v) is 6.92. The summed E-state index contributed by atoms with van der Waals surface area (Å²) in [6.07, 6.45) is 9.47. The normalized spacial score (nSPS) is 30.9. The van der Waals surface area contributed by atoms with E-state index in [1.165, 1.54) is 25.7 Å². The van der Waals surface area contributed by atoms with E-state index in [1.54, 1.807) is 0 Å². The summed E-state index contributed by atoms with van der Waals surface area (Å²) in [7, 11) is 0. The Bertz CT molecular complexity index is 362. The Morgan fingerprint density at radius 2 is 1.65 bits per heavy atom. The first kappa shape index (κ1) is 11.2. The molecule has 17 heavy (non-hydrogen) atoms. The average molecular weight is 235 g/mol. The number of hydrogen-bond donors (Lipinski definition) is 1. The fourth-order valence-corrected chi connectivity index (χ4v) is 3.13. The van der Waals surface area contributed by atoms with E-state index >= 15 is 0 Å². The van der Waals surface area contributed by atoms with Crippen LogP contribution in [0.25, 0.3) is 0 Å². The molecule has 2 N–H and O–H groups in total. The lowest BCUT2D eigenvalue weighted by atomic mass is 9.86. The molecule has 2 saturated carbocycles. The summed E-state index contributed by atoms with van der Waals surface area (Å²) in [5.74, 6) is 2.82. The Morgan fingerprint density at radius 3 is 2.35 bits per heavy atom. The molecule has 94 valence electrons. The van der Waals surface area contributed by atoms with Crippen molar-refractivity contribution in [1.29, 1.82) is 0 Å². The quantitative estimate of drug-likeness (QED) is 0.856. The van der Waals surface area contributed by atoms with Gasteiger partial charge in [-0.05, 0) is 38.5 Å². The number of rotatable bonds is 2. The van der Waals surface area contributed by atoms with E-state index < -0.39 is 0 Å². The Labute approximate surface area is 102 Å². The summed E-state index contributed by atoms with van der Waals surface area (Å²) in [6, 6.07) is 0.378. The molecule has 4 nitrogen and oxygen atoms in total. The maximum absolute atomic E-state index is 5.91. The highest BCUT2D eigenvalue weighted by Gasteiger charge is 2.27. The number of aromatic nitrogens is 2. The summed E-state index contributed by atoms with van der Waals surface area (Å²) in [6.45, 7) is 0. The maximum Gasteiger partial charge on any atom is 0.229 e. The van der Waals surface area contributed by atoms with Gasteiger partial charge in [0.1, 0.15) is 0 Å². The molecule has 0 atom stereocenters. The second-order valence-electron chi connectivity index (χ2n) is 5.58. The van der Waals surface area contributed by atoms with E-state index in [0.717, 1.165) is 37.4 Å². The molecule has 0 aromatic carbocycles. The Morgan fingerprint density at radius 1 is 0.941 bits per heavy atom. The van der Waals surface area contributed by atoms with Gasteiger partial charge in [-0.25, -0.2) is 0 Å². The van der Waals surface area contributed by atoms with Crippen LogP contribution in [0.15, 0.2) is 4.52 Å². The van der Waals surface area contributed by atoms with Crippen molar-refractivity contribution in [2.45, 2.75) is 69.2 Å². The van der Waals surface area contributed by atoms with Crippen LogP contribution in [0.1, 0.15) is 74.9 Å². The lowest BCUT2D eigenvalue weighted by Gasteiger charge is -2.22. The van der Waals surface area contributed by atoms with Gasteiger partial charge in [0.25, 0.3) is 0 Å². The van der Waals surface area contributed by atoms with Gasteiger partial charge in [-0.15, -0.1) is 0 Å². The largest absolute Gasteiger partial charge is 0.339 e. The van der Waals surface area contributed by atoms with E-state index in [0.29, 0.717) is 17.9 Å². The standard InChI is InChI=1S/C13H21N3O/c14-11-7-5-10(6-8-11)13-15-12(16-17-13)9-3-1-2-4-9/h9-11H,1-8,14H2. The van der Waals surface area contributed by atoms with Gasteiger partial charge in [0.15, 0.2) is 5.82 Å². The molecule has 0 aliphatic heterocycles. The van der Waals surface area contributed by atoms with E-state index in [1.807, 2.05) is 0 Å². The highest BCUT2D eigenvalue weighted by molar-refractivity contribution is 5.02. The molecule has 0 amide bonds. The molecule has 0 saturated heterocycles. The minimum Gasteiger partial charge on any atom is -0.339 e. The molecule has 0 spiro atoms. The zero-order chi connectivity index (χ0) is 11.7. The Kier molecular flexibility index (Phi) is 3.14. The lowest BCUT2D eigenvalue weighted by molar-refractivity contribution is 0.299. The molecular weight excluding hydrogens is 214 g/mol. The van der Waals surface area contributed by atoms with E-state index in [2.05, 4.69) is 10.1 Å². The SMILES string of the molecule is NC1CCC(c2nc(C3CCCC3)no2)CC1. The summed E-state index contributed by atoms with van der Waals surface area (Å²) in [4.78, 5) is 4.62. The third-order valence-electron chi connectivity index (χ3n) is 4.30. The molecule has 2 fully saturated rings. The molecular formula is C13H21N3O. The van der Waals surface area contributed by atoms with Crippen LogP contribution in [-0.4, -0.2) is 16.2 Å². The molecule has 2 aliphatic carbocycles. The average Bonchev–Trinajstić information content (AvgIpc) is 3.00. The van der Waals surface area contributed by atoms with Gasteiger partial charge in [-0.2, -0.15) is 4.98 Å². The number of nitrogens with two attached hydrogens (primary N) is 1. The fraction of sp³-hybridized carbons (Fsp3) is 0.846. The zero-order valence-electron chi connectivity index (χ0n) is 10.3. The Balaban J connectivity index is 1.67. The van der Waals surface area contributed by atoms with Crippen LogP contribution in [-0.2, 0) is 0 Å². The molecule has 2 aliphatic rings. The maximum atomic E-state index is 5.91. The van der Waals surface area contributed by atoms with Crippen molar-refractivity contribution in [2.75, 3.05) is 0 Å². The first-order chi connectivity index (χ1) is 8.33. The van der Waals surface area contributed by atoms with Gasteiger partial charge in [0, 0.05) is 17.9 Å². The van der Waals surface area contributed by atoms with Crippen molar-refractivity contribution >= 4 is 0 Å². The molecule has 1 aromatic heterocycles. The van der Waals surface area contributed by atoms with Crippen LogP contribution >= 0.6 is 0 Å². The van der Waals surface area contributed by atoms with Crippen LogP contribution in [0.3, 0.4) is 0 Å². The van der Waals surface area contributed by atoms with Crippen LogP contribution in [0.4, 0.5) is 0 Å². The smallest absolute Gasteiger partial charge is 0.229 e. The van der Waals surface area contributed by atoms with Gasteiger partial charge in [0.2, 0.25) is 5.89 Å². The van der Waals surface area contributed by atoms with Crippen LogP contribution in [0.5, 0.6) is 0 Å². The van der Waals surface area contributed by atoms with Crippen LogP contribution < -0.4 is 5.73 Å². The van der Waals surface area contributed by atoms with Gasteiger partial charge in [-0.3, -0.25) is 0 Å². The fourth-order valence-electron chi connectivity index (χ4n) is 3.13. The zero-order valence-corrected chi connectivity index (χ0v) is 10.3. The lowest BCUT2D eigenvalue weighted by Crippen LogP contribution is -2.25. The summed E-state index contributed by atoms with van der Waals surface area (Å²) in [5, 5.41) is 4.18. The van der Waals surface area contributed by atoms with Crippen molar-refractivity contribution in [1.82, 2.24) is 10.1 Å². The van der Waals surface area contributed by atoms with Gasteiger partial charge in [-0.1, -0.05) is 18.0 Å². The molecule has 4 heteroatoms. The number of hydrogen-bond acceptors (Lipinski definition) is 4. The third kappa shape index (κ3) is 2.37. The van der Waals surface area contributed by atoms with Crippen LogP contribution in [0, 0.1) is 0 Å². The van der Waals surface area contributed by atoms with Crippen molar-refractivity contribution < 1.29 is 4.52 Å². The summed E-state index contributed by atoms with van der Waals surface area (Å²) < 4.78 is 5.45. The van der Waals surface area contributed by atoms with Gasteiger partial charge in [0.05, 0.1) is 0 Å². The van der Waals surface area contributed by atoms with Crippen LogP contribution in [0.2, 0.25) is 0 Å². The molecule has 1 heterocycles. The van der Waals surface area contributed by atoms with Crippen molar-refractivity contribution in [3.8, 4) is 0 Å². The van der Waals surface area contributed by atoms with Gasteiger partial charge < -0.3 is 10.3 Å². The minimum absolute atomic E-state index is 0.378. The van der Waals surface area contributed by atoms with Gasteiger partial charge >= 0.3 is 0 Å². The third-order valence-corrected chi connectivity index (χ3v) is 4.30. The Hall–Kier alpha value is -0.900. The molecule has 3 rings (SSSR count). The topological polar surface area (TPSA) is 64.9 Å². The molecule has 0 radical (unpaired) electrons. The number of nitrogens with zero attached hydrogens (tertiary/aromatic N) is 2.